The Balaban J connectivity index is 1.35. The minimum atomic E-state index is -3.46. The number of nitrogens with zero attached hydrogens (tertiary/aromatic N) is 4. The predicted octanol–water partition coefficient (Wildman–Crippen LogP) is 3.31. The van der Waals surface area contributed by atoms with Gasteiger partial charge >= 0.3 is 0 Å². The van der Waals surface area contributed by atoms with Crippen LogP contribution < -0.4 is 5.32 Å². The van der Waals surface area contributed by atoms with Crippen molar-refractivity contribution in [3.8, 4) is 11.4 Å². The molecule has 0 radical (unpaired) electrons. The Labute approximate surface area is 192 Å². The van der Waals surface area contributed by atoms with Crippen molar-refractivity contribution in [2.75, 3.05) is 24.2 Å². The Bertz CT molecular complexity index is 1200. The van der Waals surface area contributed by atoms with Gasteiger partial charge in [-0.05, 0) is 44.0 Å². The molecule has 0 unspecified atom stereocenters. The number of carbonyl (C=O) groups is 1. The number of sulfonamides is 1. The Kier molecular flexibility index (Phi) is 6.63. The van der Waals surface area contributed by atoms with Gasteiger partial charge in [-0.1, -0.05) is 41.6 Å². The lowest BCUT2D eigenvalue weighted by atomic mass is 10.1. The second kappa shape index (κ2) is 9.43. The maximum Gasteiger partial charge on any atom is 0.243 e. The minimum absolute atomic E-state index is 0.160. The van der Waals surface area contributed by atoms with E-state index in [0.29, 0.717) is 23.9 Å². The van der Waals surface area contributed by atoms with Crippen LogP contribution in [0.25, 0.3) is 11.4 Å². The smallest absolute Gasteiger partial charge is 0.243 e. The second-order valence-corrected chi connectivity index (χ2v) is 10.6. The third-order valence-electron chi connectivity index (χ3n) is 5.32. The normalized spacial score (nSPS) is 14.6. The molecule has 1 fully saturated rings. The molecule has 168 valence electrons. The van der Waals surface area contributed by atoms with Crippen molar-refractivity contribution < 1.29 is 13.2 Å². The van der Waals surface area contributed by atoms with Crippen LogP contribution in [0.5, 0.6) is 0 Å². The number of amides is 1. The van der Waals surface area contributed by atoms with E-state index >= 15 is 0 Å². The summed E-state index contributed by atoms with van der Waals surface area (Å²) in [4.78, 5) is 12.6. The van der Waals surface area contributed by atoms with Crippen molar-refractivity contribution in [3.05, 3.63) is 54.1 Å². The van der Waals surface area contributed by atoms with E-state index in [1.807, 2.05) is 42.8 Å². The molecule has 10 heteroatoms. The quantitative estimate of drug-likeness (QED) is 0.531. The van der Waals surface area contributed by atoms with Crippen LogP contribution in [-0.2, 0) is 21.9 Å². The van der Waals surface area contributed by atoms with Crippen molar-refractivity contribution >= 4 is 33.4 Å². The van der Waals surface area contributed by atoms with Crippen LogP contribution in [0, 0.1) is 6.92 Å². The summed E-state index contributed by atoms with van der Waals surface area (Å²) in [6, 6.07) is 14.3. The van der Waals surface area contributed by atoms with Gasteiger partial charge in [-0.15, -0.1) is 10.2 Å². The second-order valence-electron chi connectivity index (χ2n) is 7.70. The molecule has 0 spiro atoms. The Morgan fingerprint density at radius 3 is 2.34 bits per heavy atom. The minimum Gasteiger partial charge on any atom is -0.325 e. The SMILES string of the molecule is Cc1ccc(-c2nnc(SCC(=O)Nc3ccc(S(=O)(=O)N4CCCC4)cc3)n2C)cc1. The highest BCUT2D eigenvalue weighted by molar-refractivity contribution is 7.99. The number of aromatic nitrogens is 3. The number of thioether (sulfide) groups is 1. The highest BCUT2D eigenvalue weighted by atomic mass is 32.2. The third kappa shape index (κ3) is 4.87. The van der Waals surface area contributed by atoms with Crippen molar-refractivity contribution in [1.82, 2.24) is 19.1 Å². The lowest BCUT2D eigenvalue weighted by Crippen LogP contribution is -2.27. The first kappa shape index (κ1) is 22.5. The monoisotopic (exact) mass is 471 g/mol. The lowest BCUT2D eigenvalue weighted by Gasteiger charge is -2.15. The first-order valence-corrected chi connectivity index (χ1v) is 12.8. The van der Waals surface area contributed by atoms with Gasteiger partial charge in [0.25, 0.3) is 0 Å². The largest absolute Gasteiger partial charge is 0.325 e. The molecule has 1 amide bonds. The Hall–Kier alpha value is -2.69. The van der Waals surface area contributed by atoms with E-state index in [-0.39, 0.29) is 16.6 Å². The van der Waals surface area contributed by atoms with Gasteiger partial charge in [0, 0.05) is 31.4 Å². The van der Waals surface area contributed by atoms with Crippen molar-refractivity contribution in [3.63, 3.8) is 0 Å². The van der Waals surface area contributed by atoms with E-state index in [1.165, 1.54) is 33.8 Å². The number of aryl methyl sites for hydroxylation is 1. The summed E-state index contributed by atoms with van der Waals surface area (Å²) >= 11 is 1.29. The van der Waals surface area contributed by atoms with Crippen LogP contribution in [0.3, 0.4) is 0 Å². The molecule has 32 heavy (non-hydrogen) atoms. The van der Waals surface area contributed by atoms with Gasteiger partial charge in [-0.25, -0.2) is 8.42 Å². The number of benzene rings is 2. The number of rotatable bonds is 7. The molecule has 2 heterocycles. The summed E-state index contributed by atoms with van der Waals surface area (Å²) in [5.41, 5.74) is 2.68. The molecule has 0 saturated carbocycles. The molecular formula is C22H25N5O3S2. The van der Waals surface area contributed by atoms with E-state index in [0.717, 1.165) is 24.2 Å². The summed E-state index contributed by atoms with van der Waals surface area (Å²) in [6.07, 6.45) is 1.78. The molecular weight excluding hydrogens is 446 g/mol. The molecule has 1 aromatic heterocycles. The van der Waals surface area contributed by atoms with E-state index in [4.69, 9.17) is 0 Å². The average molecular weight is 472 g/mol. The number of hydrogen-bond donors (Lipinski definition) is 1. The first-order chi connectivity index (χ1) is 15.3. The van der Waals surface area contributed by atoms with Gasteiger partial charge in [0.2, 0.25) is 15.9 Å². The molecule has 2 aromatic carbocycles. The molecule has 1 saturated heterocycles. The van der Waals surface area contributed by atoms with Crippen LogP contribution in [0.2, 0.25) is 0 Å². The molecule has 3 aromatic rings. The van der Waals surface area contributed by atoms with Gasteiger partial charge in [0.15, 0.2) is 11.0 Å². The summed E-state index contributed by atoms with van der Waals surface area (Å²) in [7, 11) is -1.59. The fourth-order valence-electron chi connectivity index (χ4n) is 3.51. The predicted molar refractivity (Wildman–Crippen MR) is 125 cm³/mol. The van der Waals surface area contributed by atoms with E-state index in [1.54, 1.807) is 12.1 Å². The molecule has 4 rings (SSSR count). The Morgan fingerprint density at radius 2 is 1.69 bits per heavy atom. The van der Waals surface area contributed by atoms with Crippen molar-refractivity contribution in [2.45, 2.75) is 29.8 Å². The topological polar surface area (TPSA) is 97.2 Å². The lowest BCUT2D eigenvalue weighted by molar-refractivity contribution is -0.113. The van der Waals surface area contributed by atoms with E-state index in [9.17, 15) is 13.2 Å². The van der Waals surface area contributed by atoms with Gasteiger partial charge in [0.1, 0.15) is 0 Å². The number of hydrogen-bond acceptors (Lipinski definition) is 6. The maximum absolute atomic E-state index is 12.6. The van der Waals surface area contributed by atoms with Gasteiger partial charge in [-0.2, -0.15) is 4.31 Å². The number of carbonyl (C=O) groups excluding carboxylic acids is 1. The van der Waals surface area contributed by atoms with Crippen molar-refractivity contribution in [2.24, 2.45) is 7.05 Å². The van der Waals surface area contributed by atoms with E-state index < -0.39 is 10.0 Å². The van der Waals surface area contributed by atoms with Crippen molar-refractivity contribution in [1.29, 1.82) is 0 Å². The van der Waals surface area contributed by atoms with Crippen LogP contribution in [-0.4, -0.2) is 52.2 Å². The molecule has 1 aliphatic rings. The molecule has 8 nitrogen and oxygen atoms in total. The van der Waals surface area contributed by atoms with Gasteiger partial charge < -0.3 is 9.88 Å². The molecule has 0 aliphatic carbocycles. The summed E-state index contributed by atoms with van der Waals surface area (Å²) < 4.78 is 28.6. The number of anilines is 1. The average Bonchev–Trinajstić information content (AvgIpc) is 3.44. The van der Waals surface area contributed by atoms with Crippen LogP contribution in [0.1, 0.15) is 18.4 Å². The van der Waals surface area contributed by atoms with E-state index in [2.05, 4.69) is 15.5 Å². The first-order valence-electron chi connectivity index (χ1n) is 10.3. The zero-order valence-corrected chi connectivity index (χ0v) is 19.6. The zero-order valence-electron chi connectivity index (χ0n) is 18.0. The zero-order chi connectivity index (χ0) is 22.7. The summed E-state index contributed by atoms with van der Waals surface area (Å²) in [6.45, 7) is 3.15. The van der Waals surface area contributed by atoms with Gasteiger partial charge in [-0.3, -0.25) is 4.79 Å². The van der Waals surface area contributed by atoms with Gasteiger partial charge in [0.05, 0.1) is 10.6 Å². The summed E-state index contributed by atoms with van der Waals surface area (Å²) in [5.74, 6) is 0.695. The molecule has 1 aliphatic heterocycles. The number of nitrogens with one attached hydrogen (secondary N) is 1. The molecule has 1 N–H and O–H groups in total. The molecule has 0 atom stereocenters. The molecule has 0 bridgehead atoms. The highest BCUT2D eigenvalue weighted by Crippen LogP contribution is 2.24. The maximum atomic E-state index is 12.6. The Morgan fingerprint density at radius 1 is 1.03 bits per heavy atom. The summed E-state index contributed by atoms with van der Waals surface area (Å²) in [5, 5.41) is 11.9. The van der Waals surface area contributed by atoms with Crippen LogP contribution >= 0.6 is 11.8 Å². The third-order valence-corrected chi connectivity index (χ3v) is 8.25. The fourth-order valence-corrected chi connectivity index (χ4v) is 5.74. The standard InChI is InChI=1S/C22H25N5O3S2/c1-16-5-7-17(8-6-16)21-24-25-22(26(21)2)31-15-20(28)23-18-9-11-19(12-10-18)32(29,30)27-13-3-4-14-27/h5-12H,3-4,13-15H2,1-2H3,(H,23,28). The van der Waals surface area contributed by atoms with Crippen LogP contribution in [0.4, 0.5) is 5.69 Å². The fraction of sp³-hybridized carbons (Fsp3) is 0.318. The van der Waals surface area contributed by atoms with Crippen LogP contribution in [0.15, 0.2) is 58.6 Å². The highest BCUT2D eigenvalue weighted by Gasteiger charge is 2.27.